The number of carbonyl (C=O) groups excluding carboxylic acids is 1. The van der Waals surface area contributed by atoms with Gasteiger partial charge in [0.05, 0.1) is 23.1 Å². The molecule has 1 fully saturated rings. The molecule has 0 unspecified atom stereocenters. The van der Waals surface area contributed by atoms with E-state index < -0.39 is 0 Å². The standard InChI is InChI=1S/C14H21N3O2/c1-3-13-12(8-9(2)16-17-13)14(19)15-10-4-6-11(18)7-5-10/h8,10-11,18H,3-7H2,1-2H3,(H,15,19). The van der Waals surface area contributed by atoms with E-state index in [2.05, 4.69) is 15.5 Å². The van der Waals surface area contributed by atoms with Crippen LogP contribution in [0.1, 0.15) is 54.4 Å². The highest BCUT2D eigenvalue weighted by atomic mass is 16.3. The van der Waals surface area contributed by atoms with Gasteiger partial charge in [-0.2, -0.15) is 10.2 Å². The van der Waals surface area contributed by atoms with E-state index in [0.29, 0.717) is 12.0 Å². The lowest BCUT2D eigenvalue weighted by atomic mass is 9.93. The van der Waals surface area contributed by atoms with Crippen LogP contribution < -0.4 is 5.32 Å². The zero-order valence-corrected chi connectivity index (χ0v) is 11.5. The lowest BCUT2D eigenvalue weighted by Crippen LogP contribution is -2.39. The summed E-state index contributed by atoms with van der Waals surface area (Å²) >= 11 is 0. The minimum absolute atomic E-state index is 0.0729. The molecule has 1 aliphatic carbocycles. The number of nitrogens with one attached hydrogen (secondary N) is 1. The van der Waals surface area contributed by atoms with E-state index in [9.17, 15) is 9.90 Å². The van der Waals surface area contributed by atoms with Gasteiger partial charge in [0.1, 0.15) is 0 Å². The van der Waals surface area contributed by atoms with Crippen LogP contribution in [0.2, 0.25) is 0 Å². The van der Waals surface area contributed by atoms with Gasteiger partial charge in [-0.05, 0) is 45.1 Å². The zero-order valence-electron chi connectivity index (χ0n) is 11.5. The van der Waals surface area contributed by atoms with Crippen LogP contribution in [0.4, 0.5) is 0 Å². The number of amides is 1. The largest absolute Gasteiger partial charge is 0.393 e. The van der Waals surface area contributed by atoms with Gasteiger partial charge in [-0.15, -0.1) is 0 Å². The van der Waals surface area contributed by atoms with Crippen molar-refractivity contribution in [3.63, 3.8) is 0 Å². The van der Waals surface area contributed by atoms with Crippen LogP contribution in [0.5, 0.6) is 0 Å². The van der Waals surface area contributed by atoms with Crippen LogP contribution in [-0.2, 0) is 6.42 Å². The van der Waals surface area contributed by atoms with Crippen LogP contribution in [0.15, 0.2) is 6.07 Å². The molecule has 1 aromatic rings. The maximum absolute atomic E-state index is 12.3. The lowest BCUT2D eigenvalue weighted by Gasteiger charge is -2.26. The normalized spacial score (nSPS) is 23.1. The van der Waals surface area contributed by atoms with Gasteiger partial charge < -0.3 is 10.4 Å². The lowest BCUT2D eigenvalue weighted by molar-refractivity contribution is 0.0866. The van der Waals surface area contributed by atoms with E-state index >= 15 is 0 Å². The SMILES string of the molecule is CCc1nnc(C)cc1C(=O)NC1CCC(O)CC1. The number of hydrogen-bond acceptors (Lipinski definition) is 4. The maximum Gasteiger partial charge on any atom is 0.253 e. The summed E-state index contributed by atoms with van der Waals surface area (Å²) in [5, 5.41) is 20.6. The summed E-state index contributed by atoms with van der Waals surface area (Å²) in [4.78, 5) is 12.3. The number of carbonyl (C=O) groups is 1. The molecular formula is C14H21N3O2. The first-order chi connectivity index (χ1) is 9.10. The Morgan fingerprint density at radius 3 is 2.68 bits per heavy atom. The second-order valence-electron chi connectivity index (χ2n) is 5.18. The number of aromatic nitrogens is 2. The van der Waals surface area contributed by atoms with E-state index in [1.54, 1.807) is 6.07 Å². The van der Waals surface area contributed by atoms with Gasteiger partial charge in [0.15, 0.2) is 0 Å². The molecule has 5 heteroatoms. The molecule has 1 heterocycles. The molecule has 104 valence electrons. The summed E-state index contributed by atoms with van der Waals surface area (Å²) in [6.45, 7) is 3.80. The predicted molar refractivity (Wildman–Crippen MR) is 71.9 cm³/mol. The van der Waals surface area contributed by atoms with Crippen molar-refractivity contribution in [3.05, 3.63) is 23.0 Å². The summed E-state index contributed by atoms with van der Waals surface area (Å²) in [5.74, 6) is -0.0729. The fourth-order valence-electron chi connectivity index (χ4n) is 2.46. The third-order valence-electron chi connectivity index (χ3n) is 3.60. The van der Waals surface area contributed by atoms with Gasteiger partial charge in [0.2, 0.25) is 0 Å². The van der Waals surface area contributed by atoms with E-state index in [4.69, 9.17) is 0 Å². The molecule has 5 nitrogen and oxygen atoms in total. The number of hydrogen-bond donors (Lipinski definition) is 2. The van der Waals surface area contributed by atoms with E-state index in [0.717, 1.165) is 37.1 Å². The van der Waals surface area contributed by atoms with Gasteiger partial charge in [-0.1, -0.05) is 6.92 Å². The molecule has 1 saturated carbocycles. The first-order valence-corrected chi connectivity index (χ1v) is 6.92. The monoisotopic (exact) mass is 263 g/mol. The quantitative estimate of drug-likeness (QED) is 0.864. The summed E-state index contributed by atoms with van der Waals surface area (Å²) in [6, 6.07) is 1.95. The average molecular weight is 263 g/mol. The molecule has 0 aliphatic heterocycles. The summed E-state index contributed by atoms with van der Waals surface area (Å²) in [7, 11) is 0. The summed E-state index contributed by atoms with van der Waals surface area (Å²) in [6.07, 6.45) is 3.69. The van der Waals surface area contributed by atoms with Gasteiger partial charge in [0, 0.05) is 6.04 Å². The van der Waals surface area contributed by atoms with Gasteiger partial charge in [0.25, 0.3) is 5.91 Å². The highest BCUT2D eigenvalue weighted by Crippen LogP contribution is 2.19. The highest BCUT2D eigenvalue weighted by Gasteiger charge is 2.22. The molecule has 0 bridgehead atoms. The molecular weight excluding hydrogens is 242 g/mol. The Hall–Kier alpha value is -1.49. The summed E-state index contributed by atoms with van der Waals surface area (Å²) < 4.78 is 0. The first kappa shape index (κ1) is 13.9. The van der Waals surface area contributed by atoms with Crippen molar-refractivity contribution >= 4 is 5.91 Å². The zero-order chi connectivity index (χ0) is 13.8. The Bertz CT molecular complexity index is 454. The Kier molecular flexibility index (Phi) is 4.47. The van der Waals surface area contributed by atoms with Gasteiger partial charge in [-0.25, -0.2) is 0 Å². The highest BCUT2D eigenvalue weighted by molar-refractivity contribution is 5.95. The average Bonchev–Trinajstić information content (AvgIpc) is 2.41. The number of aliphatic hydroxyl groups is 1. The maximum atomic E-state index is 12.3. The Morgan fingerprint density at radius 1 is 1.37 bits per heavy atom. The van der Waals surface area contributed by atoms with Crippen molar-refractivity contribution in [2.75, 3.05) is 0 Å². The van der Waals surface area contributed by atoms with Crippen molar-refractivity contribution in [1.82, 2.24) is 15.5 Å². The minimum atomic E-state index is -0.204. The third-order valence-corrected chi connectivity index (χ3v) is 3.60. The third kappa shape index (κ3) is 3.50. The van der Waals surface area contributed by atoms with Crippen LogP contribution in [0, 0.1) is 6.92 Å². The van der Waals surface area contributed by atoms with Crippen LogP contribution in [0.3, 0.4) is 0 Å². The molecule has 1 amide bonds. The molecule has 2 N–H and O–H groups in total. The van der Waals surface area contributed by atoms with E-state index in [1.807, 2.05) is 13.8 Å². The Morgan fingerprint density at radius 2 is 2.05 bits per heavy atom. The second kappa shape index (κ2) is 6.10. The Balaban J connectivity index is 2.05. The van der Waals surface area contributed by atoms with E-state index in [1.165, 1.54) is 0 Å². The van der Waals surface area contributed by atoms with Gasteiger partial charge in [-0.3, -0.25) is 4.79 Å². The minimum Gasteiger partial charge on any atom is -0.393 e. The van der Waals surface area contributed by atoms with Crippen LogP contribution in [-0.4, -0.2) is 33.4 Å². The van der Waals surface area contributed by atoms with Gasteiger partial charge >= 0.3 is 0 Å². The number of aryl methyl sites for hydroxylation is 2. The summed E-state index contributed by atoms with van der Waals surface area (Å²) in [5.41, 5.74) is 2.11. The number of rotatable bonds is 3. The van der Waals surface area contributed by atoms with Crippen LogP contribution in [0.25, 0.3) is 0 Å². The molecule has 0 radical (unpaired) electrons. The molecule has 0 saturated heterocycles. The Labute approximate surface area is 113 Å². The number of aliphatic hydroxyl groups excluding tert-OH is 1. The first-order valence-electron chi connectivity index (χ1n) is 6.92. The smallest absolute Gasteiger partial charge is 0.253 e. The van der Waals surface area contributed by atoms with Crippen molar-refractivity contribution in [2.24, 2.45) is 0 Å². The van der Waals surface area contributed by atoms with Crippen molar-refractivity contribution < 1.29 is 9.90 Å². The molecule has 1 aliphatic rings. The van der Waals surface area contributed by atoms with Crippen LogP contribution >= 0.6 is 0 Å². The fourth-order valence-corrected chi connectivity index (χ4v) is 2.46. The molecule has 0 atom stereocenters. The van der Waals surface area contributed by atoms with Crippen molar-refractivity contribution in [1.29, 1.82) is 0 Å². The predicted octanol–water partition coefficient (Wildman–Crippen LogP) is 1.38. The molecule has 1 aromatic heterocycles. The van der Waals surface area contributed by atoms with Crippen molar-refractivity contribution in [2.45, 2.75) is 58.1 Å². The topological polar surface area (TPSA) is 75.1 Å². The van der Waals surface area contributed by atoms with Crippen molar-refractivity contribution in [3.8, 4) is 0 Å². The fraction of sp³-hybridized carbons (Fsp3) is 0.643. The molecule has 2 rings (SSSR count). The molecule has 19 heavy (non-hydrogen) atoms. The number of nitrogens with zero attached hydrogens (tertiary/aromatic N) is 2. The second-order valence-corrected chi connectivity index (χ2v) is 5.18. The van der Waals surface area contributed by atoms with E-state index in [-0.39, 0.29) is 18.1 Å². The molecule has 0 spiro atoms. The molecule has 0 aromatic carbocycles.